The molecule has 1 aliphatic heterocycles. The summed E-state index contributed by atoms with van der Waals surface area (Å²) in [4.78, 5) is 0. The van der Waals surface area contributed by atoms with Gasteiger partial charge < -0.3 is 10.5 Å². The van der Waals surface area contributed by atoms with Crippen LogP contribution in [0.4, 0.5) is 0 Å². The quantitative estimate of drug-likeness (QED) is 0.743. The lowest BCUT2D eigenvalue weighted by molar-refractivity contribution is 0.413. The Morgan fingerprint density at radius 2 is 2.38 bits per heavy atom. The Kier molecular flexibility index (Phi) is 2.47. The fourth-order valence-corrected chi connectivity index (χ4v) is 2.60. The number of nitrogens with two attached hydrogens (primary N) is 1. The van der Waals surface area contributed by atoms with Crippen LogP contribution in [0.25, 0.3) is 0 Å². The van der Waals surface area contributed by atoms with Gasteiger partial charge in [-0.15, -0.1) is 0 Å². The number of hydrogen-bond acceptors (Lipinski definition) is 3. The van der Waals surface area contributed by atoms with Gasteiger partial charge in [0.15, 0.2) is 0 Å². The van der Waals surface area contributed by atoms with Crippen LogP contribution < -0.4 is 10.5 Å². The Labute approximate surface area is 82.5 Å². The molecule has 0 aliphatic carbocycles. The molecule has 3 heteroatoms. The van der Waals surface area contributed by atoms with Crippen molar-refractivity contribution in [3.05, 3.63) is 29.3 Å². The molecule has 2 rings (SSSR count). The number of fused-ring (bicyclic) bond motifs is 1. The minimum atomic E-state index is 0.170. The molecule has 0 radical (unpaired) electrons. The van der Waals surface area contributed by atoms with Gasteiger partial charge in [-0.2, -0.15) is 11.8 Å². The lowest BCUT2D eigenvalue weighted by atomic mass is 10.0. The van der Waals surface area contributed by atoms with Gasteiger partial charge in [0, 0.05) is 17.5 Å². The van der Waals surface area contributed by atoms with Gasteiger partial charge in [0.05, 0.1) is 7.11 Å². The third kappa shape index (κ3) is 1.67. The Bertz CT molecular complexity index is 314. The number of thioether (sulfide) groups is 1. The molecule has 0 saturated carbocycles. The van der Waals surface area contributed by atoms with E-state index >= 15 is 0 Å². The summed E-state index contributed by atoms with van der Waals surface area (Å²) in [5, 5.41) is 0. The summed E-state index contributed by atoms with van der Waals surface area (Å²) in [6.45, 7) is 0. The normalized spacial score (nSPS) is 20.9. The second-order valence-electron chi connectivity index (χ2n) is 3.19. The Morgan fingerprint density at radius 3 is 3.15 bits per heavy atom. The first-order valence-corrected chi connectivity index (χ1v) is 5.47. The molecular formula is C10H13NOS. The molecule has 2 N–H and O–H groups in total. The van der Waals surface area contributed by atoms with E-state index in [9.17, 15) is 0 Å². The van der Waals surface area contributed by atoms with Crippen molar-refractivity contribution in [2.75, 3.05) is 12.9 Å². The summed E-state index contributed by atoms with van der Waals surface area (Å²) in [5.41, 5.74) is 8.59. The van der Waals surface area contributed by atoms with E-state index in [-0.39, 0.29) is 6.04 Å². The van der Waals surface area contributed by atoms with Crippen molar-refractivity contribution >= 4 is 11.8 Å². The first-order chi connectivity index (χ1) is 6.31. The van der Waals surface area contributed by atoms with Gasteiger partial charge in [-0.3, -0.25) is 0 Å². The van der Waals surface area contributed by atoms with Gasteiger partial charge >= 0.3 is 0 Å². The predicted octanol–water partition coefficient (Wildman–Crippen LogP) is 1.94. The summed E-state index contributed by atoms with van der Waals surface area (Å²) in [6, 6.07) is 6.33. The topological polar surface area (TPSA) is 35.2 Å². The van der Waals surface area contributed by atoms with Gasteiger partial charge in [0.2, 0.25) is 0 Å². The second kappa shape index (κ2) is 3.60. The maximum atomic E-state index is 5.99. The predicted molar refractivity (Wildman–Crippen MR) is 56.1 cm³/mol. The molecule has 2 nitrogen and oxygen atoms in total. The van der Waals surface area contributed by atoms with Crippen molar-refractivity contribution in [1.82, 2.24) is 0 Å². The monoisotopic (exact) mass is 195 g/mol. The fourth-order valence-electron chi connectivity index (χ4n) is 1.56. The molecule has 0 aromatic heterocycles. The number of hydrogen-bond donors (Lipinski definition) is 1. The molecule has 0 fully saturated rings. The minimum absolute atomic E-state index is 0.170. The molecule has 70 valence electrons. The zero-order valence-electron chi connectivity index (χ0n) is 7.62. The first-order valence-electron chi connectivity index (χ1n) is 4.31. The van der Waals surface area contributed by atoms with Gasteiger partial charge in [-0.25, -0.2) is 0 Å². The average Bonchev–Trinajstić information content (AvgIpc) is 2.18. The van der Waals surface area contributed by atoms with Gasteiger partial charge in [-0.05, 0) is 23.3 Å². The van der Waals surface area contributed by atoms with E-state index < -0.39 is 0 Å². The zero-order chi connectivity index (χ0) is 9.26. The molecule has 1 aromatic rings. The van der Waals surface area contributed by atoms with Crippen molar-refractivity contribution in [2.24, 2.45) is 5.73 Å². The maximum absolute atomic E-state index is 5.99. The SMILES string of the molecule is COc1ccc2c(c1)[C@@H](N)CSC2. The highest BCUT2D eigenvalue weighted by atomic mass is 32.2. The highest BCUT2D eigenvalue weighted by Crippen LogP contribution is 2.32. The molecule has 0 amide bonds. The lowest BCUT2D eigenvalue weighted by Gasteiger charge is -2.22. The molecule has 0 unspecified atom stereocenters. The summed E-state index contributed by atoms with van der Waals surface area (Å²) >= 11 is 1.89. The molecule has 13 heavy (non-hydrogen) atoms. The van der Waals surface area contributed by atoms with E-state index in [0.29, 0.717) is 0 Å². The molecular weight excluding hydrogens is 182 g/mol. The highest BCUT2D eigenvalue weighted by Gasteiger charge is 2.17. The van der Waals surface area contributed by atoms with Crippen molar-refractivity contribution in [3.63, 3.8) is 0 Å². The van der Waals surface area contributed by atoms with Crippen LogP contribution in [0.15, 0.2) is 18.2 Å². The van der Waals surface area contributed by atoms with Gasteiger partial charge in [0.25, 0.3) is 0 Å². The summed E-state index contributed by atoms with van der Waals surface area (Å²) in [5.74, 6) is 2.99. The third-order valence-electron chi connectivity index (χ3n) is 2.31. The van der Waals surface area contributed by atoms with E-state index in [1.165, 1.54) is 11.1 Å². The van der Waals surface area contributed by atoms with Gasteiger partial charge in [-0.1, -0.05) is 6.07 Å². The molecule has 0 spiro atoms. The van der Waals surface area contributed by atoms with E-state index in [1.807, 2.05) is 17.8 Å². The number of methoxy groups -OCH3 is 1. The lowest BCUT2D eigenvalue weighted by Crippen LogP contribution is -2.18. The summed E-state index contributed by atoms with van der Waals surface area (Å²) in [6.07, 6.45) is 0. The second-order valence-corrected chi connectivity index (χ2v) is 4.22. The van der Waals surface area contributed by atoms with Crippen LogP contribution in [-0.4, -0.2) is 12.9 Å². The minimum Gasteiger partial charge on any atom is -0.497 e. The third-order valence-corrected chi connectivity index (χ3v) is 3.42. The molecule has 0 bridgehead atoms. The molecule has 1 heterocycles. The first kappa shape index (κ1) is 8.91. The highest BCUT2D eigenvalue weighted by molar-refractivity contribution is 7.98. The van der Waals surface area contributed by atoms with Crippen LogP contribution in [0, 0.1) is 0 Å². The summed E-state index contributed by atoms with van der Waals surface area (Å²) < 4.78 is 5.17. The van der Waals surface area contributed by atoms with Crippen LogP contribution in [0.2, 0.25) is 0 Å². The Hall–Kier alpha value is -0.670. The average molecular weight is 195 g/mol. The number of benzene rings is 1. The molecule has 0 saturated heterocycles. The summed E-state index contributed by atoms with van der Waals surface area (Å²) in [7, 11) is 1.69. The molecule has 1 atom stereocenters. The van der Waals surface area contributed by atoms with Crippen LogP contribution in [0.5, 0.6) is 5.75 Å². The van der Waals surface area contributed by atoms with Crippen LogP contribution in [-0.2, 0) is 5.75 Å². The van der Waals surface area contributed by atoms with E-state index in [1.54, 1.807) is 7.11 Å². The molecule has 1 aliphatic rings. The van der Waals surface area contributed by atoms with Crippen molar-refractivity contribution in [1.29, 1.82) is 0 Å². The van der Waals surface area contributed by atoms with Crippen LogP contribution in [0.1, 0.15) is 17.2 Å². The van der Waals surface area contributed by atoms with Gasteiger partial charge in [0.1, 0.15) is 5.75 Å². The van der Waals surface area contributed by atoms with Crippen LogP contribution in [0.3, 0.4) is 0 Å². The largest absolute Gasteiger partial charge is 0.497 e. The maximum Gasteiger partial charge on any atom is 0.119 e. The van der Waals surface area contributed by atoms with E-state index in [2.05, 4.69) is 12.1 Å². The zero-order valence-corrected chi connectivity index (χ0v) is 8.43. The Morgan fingerprint density at radius 1 is 1.54 bits per heavy atom. The van der Waals surface area contributed by atoms with Crippen LogP contribution >= 0.6 is 11.8 Å². The fraction of sp³-hybridized carbons (Fsp3) is 0.400. The smallest absolute Gasteiger partial charge is 0.119 e. The Balaban J connectivity index is 2.41. The van der Waals surface area contributed by atoms with E-state index in [4.69, 9.17) is 10.5 Å². The molecule has 1 aromatic carbocycles. The number of rotatable bonds is 1. The standard InChI is InChI=1S/C10H13NOS/c1-12-8-3-2-7-5-13-6-10(11)9(7)4-8/h2-4,10H,5-6,11H2,1H3/t10-/m0/s1. The number of ether oxygens (including phenoxy) is 1. The van der Waals surface area contributed by atoms with Crippen molar-refractivity contribution in [2.45, 2.75) is 11.8 Å². The van der Waals surface area contributed by atoms with Crippen molar-refractivity contribution < 1.29 is 4.74 Å². The van der Waals surface area contributed by atoms with Crippen molar-refractivity contribution in [3.8, 4) is 5.75 Å². The van der Waals surface area contributed by atoms with E-state index in [0.717, 1.165) is 17.3 Å².